The van der Waals surface area contributed by atoms with Gasteiger partial charge >= 0.3 is 0 Å². The van der Waals surface area contributed by atoms with Gasteiger partial charge in [0, 0.05) is 23.2 Å². The second-order valence-corrected chi connectivity index (χ2v) is 8.28. The van der Waals surface area contributed by atoms with Gasteiger partial charge < -0.3 is 19.8 Å². The average molecular weight is 474 g/mol. The first-order valence-electron chi connectivity index (χ1n) is 9.74. The van der Waals surface area contributed by atoms with Crippen LogP contribution in [0.1, 0.15) is 37.4 Å². The van der Waals surface area contributed by atoms with Crippen molar-refractivity contribution < 1.29 is 24.5 Å². The molecule has 158 valence electrons. The predicted octanol–water partition coefficient (Wildman–Crippen LogP) is 4.39. The zero-order chi connectivity index (χ0) is 21.8. The number of nitrogens with zero attached hydrogens (tertiary/aromatic N) is 1. The minimum Gasteiger partial charge on any atom is -0.508 e. The maximum Gasteiger partial charge on any atom is 0.295 e. The van der Waals surface area contributed by atoms with Gasteiger partial charge in [0.2, 0.25) is 0 Å². The number of hydrogen-bond donors (Lipinski definition) is 2. The highest BCUT2D eigenvalue weighted by Crippen LogP contribution is 2.40. The van der Waals surface area contributed by atoms with E-state index >= 15 is 0 Å². The molecule has 0 unspecified atom stereocenters. The zero-order valence-electron chi connectivity index (χ0n) is 16.8. The molecule has 1 amide bonds. The third-order valence-electron chi connectivity index (χ3n) is 4.84. The van der Waals surface area contributed by atoms with Gasteiger partial charge in [0.05, 0.1) is 17.7 Å². The number of hydrogen-bond acceptors (Lipinski definition) is 5. The standard InChI is InChI=1S/C23H24BrNO5/c1-14(2)30-12-4-11-25-20(16-5-3-6-18(26)13-16)19(22(28)23(25)29)21(27)15-7-9-17(24)10-8-15/h3,5-10,13-14,20,26-27H,4,11-12H2,1-2H3/t20-/m1/s1. The average Bonchev–Trinajstić information content (AvgIpc) is 2.96. The van der Waals surface area contributed by atoms with Gasteiger partial charge in [-0.2, -0.15) is 0 Å². The van der Waals surface area contributed by atoms with Crippen molar-refractivity contribution >= 4 is 33.4 Å². The molecule has 1 atom stereocenters. The number of carbonyl (C=O) groups excluding carboxylic acids is 2. The monoisotopic (exact) mass is 473 g/mol. The molecule has 2 aromatic rings. The molecule has 7 heteroatoms. The van der Waals surface area contributed by atoms with Gasteiger partial charge in [-0.3, -0.25) is 9.59 Å². The Hall–Kier alpha value is -2.64. The number of benzene rings is 2. The topological polar surface area (TPSA) is 87.1 Å². The van der Waals surface area contributed by atoms with Crippen LogP contribution in [-0.2, 0) is 14.3 Å². The summed E-state index contributed by atoms with van der Waals surface area (Å²) in [5, 5.41) is 20.9. The van der Waals surface area contributed by atoms with E-state index in [0.29, 0.717) is 24.2 Å². The number of aliphatic hydroxyl groups is 1. The van der Waals surface area contributed by atoms with Crippen molar-refractivity contribution in [1.82, 2.24) is 4.90 Å². The van der Waals surface area contributed by atoms with E-state index in [1.54, 1.807) is 36.4 Å². The highest BCUT2D eigenvalue weighted by atomic mass is 79.9. The highest BCUT2D eigenvalue weighted by Gasteiger charge is 2.45. The number of ether oxygens (including phenoxy) is 1. The lowest BCUT2D eigenvalue weighted by Gasteiger charge is -2.25. The Morgan fingerprint density at radius 2 is 1.87 bits per heavy atom. The molecule has 1 fully saturated rings. The quantitative estimate of drug-likeness (QED) is 0.269. The van der Waals surface area contributed by atoms with Crippen molar-refractivity contribution in [3.05, 3.63) is 69.7 Å². The zero-order valence-corrected chi connectivity index (χ0v) is 18.4. The molecule has 0 bridgehead atoms. The van der Waals surface area contributed by atoms with Gasteiger partial charge in [-0.15, -0.1) is 0 Å². The molecule has 0 saturated carbocycles. The van der Waals surface area contributed by atoms with E-state index in [9.17, 15) is 19.8 Å². The first-order valence-corrected chi connectivity index (χ1v) is 10.5. The molecular weight excluding hydrogens is 450 g/mol. The Morgan fingerprint density at radius 3 is 2.50 bits per heavy atom. The summed E-state index contributed by atoms with van der Waals surface area (Å²) in [4.78, 5) is 27.2. The van der Waals surface area contributed by atoms with Crippen molar-refractivity contribution in [3.63, 3.8) is 0 Å². The van der Waals surface area contributed by atoms with Gasteiger partial charge in [0.15, 0.2) is 0 Å². The number of carbonyl (C=O) groups is 2. The fourth-order valence-corrected chi connectivity index (χ4v) is 3.73. The summed E-state index contributed by atoms with van der Waals surface area (Å²) in [6.45, 7) is 4.59. The van der Waals surface area contributed by atoms with Gasteiger partial charge in [0.1, 0.15) is 11.5 Å². The van der Waals surface area contributed by atoms with E-state index in [-0.39, 0.29) is 29.7 Å². The number of ketones is 1. The van der Waals surface area contributed by atoms with E-state index in [1.165, 1.54) is 17.0 Å². The van der Waals surface area contributed by atoms with Crippen LogP contribution in [0.4, 0.5) is 0 Å². The molecule has 1 saturated heterocycles. The minimum absolute atomic E-state index is 0.0118. The molecule has 0 spiro atoms. The summed E-state index contributed by atoms with van der Waals surface area (Å²) in [5.74, 6) is -1.64. The predicted molar refractivity (Wildman–Crippen MR) is 117 cm³/mol. The summed E-state index contributed by atoms with van der Waals surface area (Å²) in [7, 11) is 0. The fraction of sp³-hybridized carbons (Fsp3) is 0.304. The first-order chi connectivity index (χ1) is 14.3. The summed E-state index contributed by atoms with van der Waals surface area (Å²) in [5.41, 5.74) is 1.000. The Balaban J connectivity index is 2.03. The van der Waals surface area contributed by atoms with Gasteiger partial charge in [-0.1, -0.05) is 40.2 Å². The molecule has 0 aromatic heterocycles. The Morgan fingerprint density at radius 1 is 1.17 bits per heavy atom. The van der Waals surface area contributed by atoms with Crippen LogP contribution in [0, 0.1) is 0 Å². The summed E-state index contributed by atoms with van der Waals surface area (Å²) in [6, 6.07) is 12.4. The summed E-state index contributed by atoms with van der Waals surface area (Å²) < 4.78 is 6.38. The van der Waals surface area contributed by atoms with Crippen molar-refractivity contribution in [2.24, 2.45) is 0 Å². The highest BCUT2D eigenvalue weighted by molar-refractivity contribution is 9.10. The summed E-state index contributed by atoms with van der Waals surface area (Å²) in [6.07, 6.45) is 0.610. The van der Waals surface area contributed by atoms with E-state index in [2.05, 4.69) is 15.9 Å². The van der Waals surface area contributed by atoms with Crippen LogP contribution >= 0.6 is 15.9 Å². The maximum atomic E-state index is 12.9. The number of amides is 1. The molecule has 1 aliphatic rings. The molecule has 1 heterocycles. The van der Waals surface area contributed by atoms with Crippen LogP contribution in [-0.4, -0.2) is 46.1 Å². The SMILES string of the molecule is CC(C)OCCCN1C(=O)C(=O)C(=C(O)c2ccc(Br)cc2)[C@H]1c1cccc(O)c1. The van der Waals surface area contributed by atoms with Gasteiger partial charge in [-0.05, 0) is 50.1 Å². The number of phenolic OH excluding ortho intramolecular Hbond substituents is 1. The third kappa shape index (κ3) is 4.74. The van der Waals surface area contributed by atoms with Gasteiger partial charge in [0.25, 0.3) is 11.7 Å². The van der Waals surface area contributed by atoms with E-state index in [4.69, 9.17) is 4.74 Å². The van der Waals surface area contributed by atoms with Crippen LogP contribution in [0.25, 0.3) is 5.76 Å². The smallest absolute Gasteiger partial charge is 0.295 e. The Labute approximate surface area is 183 Å². The lowest BCUT2D eigenvalue weighted by molar-refractivity contribution is -0.140. The number of aliphatic hydroxyl groups excluding tert-OH is 1. The molecule has 3 rings (SSSR count). The molecule has 0 radical (unpaired) electrons. The van der Waals surface area contributed by atoms with Crippen LogP contribution in [0.3, 0.4) is 0 Å². The molecule has 2 aromatic carbocycles. The molecule has 0 aliphatic carbocycles. The second kappa shape index (κ2) is 9.45. The number of Topliss-reactive ketones (excluding diaryl/α,β-unsaturated/α-hetero) is 1. The number of likely N-dealkylation sites (tertiary alicyclic amines) is 1. The van der Waals surface area contributed by atoms with Crippen LogP contribution in [0.2, 0.25) is 0 Å². The fourth-order valence-electron chi connectivity index (χ4n) is 3.47. The van der Waals surface area contributed by atoms with Crippen LogP contribution < -0.4 is 0 Å². The third-order valence-corrected chi connectivity index (χ3v) is 5.37. The van der Waals surface area contributed by atoms with E-state index in [1.807, 2.05) is 13.8 Å². The molecular formula is C23H24BrNO5. The number of rotatable bonds is 7. The normalized spacial score (nSPS) is 18.4. The Bertz CT molecular complexity index is 968. The largest absolute Gasteiger partial charge is 0.508 e. The lowest BCUT2D eigenvalue weighted by atomic mass is 9.95. The van der Waals surface area contributed by atoms with Gasteiger partial charge in [-0.25, -0.2) is 0 Å². The van der Waals surface area contributed by atoms with Crippen LogP contribution in [0.5, 0.6) is 5.75 Å². The number of halogens is 1. The van der Waals surface area contributed by atoms with Crippen molar-refractivity contribution in [2.75, 3.05) is 13.2 Å². The van der Waals surface area contributed by atoms with Crippen LogP contribution in [0.15, 0.2) is 58.6 Å². The molecule has 6 nitrogen and oxygen atoms in total. The number of aromatic hydroxyl groups is 1. The summed E-state index contributed by atoms with van der Waals surface area (Å²) >= 11 is 3.34. The molecule has 2 N–H and O–H groups in total. The lowest BCUT2D eigenvalue weighted by Crippen LogP contribution is -2.31. The van der Waals surface area contributed by atoms with Crippen molar-refractivity contribution in [3.8, 4) is 5.75 Å². The van der Waals surface area contributed by atoms with Crippen molar-refractivity contribution in [2.45, 2.75) is 32.4 Å². The molecule has 30 heavy (non-hydrogen) atoms. The van der Waals surface area contributed by atoms with Crippen molar-refractivity contribution in [1.29, 1.82) is 0 Å². The minimum atomic E-state index is -0.792. The van der Waals surface area contributed by atoms with E-state index in [0.717, 1.165) is 4.47 Å². The number of phenols is 1. The maximum absolute atomic E-state index is 12.9. The van der Waals surface area contributed by atoms with E-state index < -0.39 is 17.7 Å². The Kier molecular flexibility index (Phi) is 6.95. The molecule has 1 aliphatic heterocycles. The second-order valence-electron chi connectivity index (χ2n) is 7.37. The first kappa shape index (κ1) is 22.1.